The van der Waals surface area contributed by atoms with Crippen molar-refractivity contribution < 1.29 is 14.6 Å². The zero-order valence-electron chi connectivity index (χ0n) is 10.0. The molecule has 1 aromatic heterocycles. The Balaban J connectivity index is 2.68. The molecule has 0 saturated heterocycles. The zero-order chi connectivity index (χ0) is 12.6. The molecule has 90 valence electrons. The minimum Gasteiger partial charge on any atom is -0.496 e. The second kappa shape index (κ2) is 4.08. The van der Waals surface area contributed by atoms with Crippen LogP contribution in [0, 0.1) is 6.92 Å². The van der Waals surface area contributed by atoms with Crippen molar-refractivity contribution in [1.82, 2.24) is 9.78 Å². The van der Waals surface area contributed by atoms with Gasteiger partial charge in [-0.05, 0) is 24.6 Å². The second-order valence-electron chi connectivity index (χ2n) is 3.97. The van der Waals surface area contributed by atoms with Crippen molar-refractivity contribution in [2.45, 2.75) is 13.3 Å². The van der Waals surface area contributed by atoms with Gasteiger partial charge in [-0.3, -0.25) is 9.48 Å². The lowest BCUT2D eigenvalue weighted by Crippen LogP contribution is -2.01. The quantitative estimate of drug-likeness (QED) is 0.874. The van der Waals surface area contributed by atoms with Crippen LogP contribution in [0.3, 0.4) is 0 Å². The summed E-state index contributed by atoms with van der Waals surface area (Å²) in [6, 6.07) is 3.59. The van der Waals surface area contributed by atoms with E-state index in [1.165, 1.54) is 0 Å². The molecular formula is C12H14N2O3. The first-order valence-electron chi connectivity index (χ1n) is 5.25. The lowest BCUT2D eigenvalue weighted by atomic mass is 10.1. The van der Waals surface area contributed by atoms with E-state index in [-0.39, 0.29) is 6.42 Å². The number of rotatable bonds is 3. The van der Waals surface area contributed by atoms with Gasteiger partial charge >= 0.3 is 5.97 Å². The van der Waals surface area contributed by atoms with Gasteiger partial charge in [0, 0.05) is 7.05 Å². The number of nitrogens with zero attached hydrogens (tertiary/aromatic N) is 2. The summed E-state index contributed by atoms with van der Waals surface area (Å²) in [6.45, 7) is 1.90. The lowest BCUT2D eigenvalue weighted by molar-refractivity contribution is -0.136. The van der Waals surface area contributed by atoms with Crippen molar-refractivity contribution in [3.05, 3.63) is 23.4 Å². The van der Waals surface area contributed by atoms with Crippen LogP contribution in [0.5, 0.6) is 5.75 Å². The molecule has 0 fully saturated rings. The molecule has 0 saturated carbocycles. The third kappa shape index (κ3) is 1.95. The molecule has 0 aliphatic heterocycles. The number of aryl methyl sites for hydroxylation is 2. The van der Waals surface area contributed by atoms with Gasteiger partial charge in [0.2, 0.25) is 0 Å². The van der Waals surface area contributed by atoms with Crippen LogP contribution < -0.4 is 4.74 Å². The number of carbonyl (C=O) groups is 1. The molecule has 0 radical (unpaired) electrons. The van der Waals surface area contributed by atoms with Gasteiger partial charge in [0.15, 0.2) is 0 Å². The van der Waals surface area contributed by atoms with Crippen LogP contribution in [0.25, 0.3) is 10.9 Å². The molecule has 0 aliphatic rings. The molecule has 5 nitrogen and oxygen atoms in total. The van der Waals surface area contributed by atoms with E-state index in [9.17, 15) is 4.79 Å². The summed E-state index contributed by atoms with van der Waals surface area (Å²) in [4.78, 5) is 10.7. The average Bonchev–Trinajstić information content (AvgIpc) is 2.53. The fourth-order valence-corrected chi connectivity index (χ4v) is 2.04. The molecule has 2 rings (SSSR count). The highest BCUT2D eigenvalue weighted by Gasteiger charge is 2.13. The highest BCUT2D eigenvalue weighted by Crippen LogP contribution is 2.30. The van der Waals surface area contributed by atoms with E-state index in [4.69, 9.17) is 9.84 Å². The fraction of sp³-hybridized carbons (Fsp3) is 0.333. The molecule has 0 amide bonds. The Bertz CT molecular complexity index is 587. The van der Waals surface area contributed by atoms with Crippen LogP contribution >= 0.6 is 0 Å². The van der Waals surface area contributed by atoms with Crippen LogP contribution in [0.4, 0.5) is 0 Å². The summed E-state index contributed by atoms with van der Waals surface area (Å²) >= 11 is 0. The number of benzene rings is 1. The van der Waals surface area contributed by atoms with E-state index < -0.39 is 5.97 Å². The Kier molecular flexibility index (Phi) is 2.75. The second-order valence-corrected chi connectivity index (χ2v) is 3.97. The van der Waals surface area contributed by atoms with Gasteiger partial charge in [0.25, 0.3) is 0 Å². The standard InChI is InChI=1S/C12H14N2O3/c1-7-12-9(14(2)13-7)4-8(6-11(15)16)5-10(12)17-3/h4-5H,6H2,1-3H3,(H,15,16). The van der Waals surface area contributed by atoms with Gasteiger partial charge in [-0.1, -0.05) is 0 Å². The van der Waals surface area contributed by atoms with Crippen molar-refractivity contribution in [2.24, 2.45) is 7.05 Å². The van der Waals surface area contributed by atoms with Crippen molar-refractivity contribution >= 4 is 16.9 Å². The van der Waals surface area contributed by atoms with Gasteiger partial charge < -0.3 is 9.84 Å². The monoisotopic (exact) mass is 234 g/mol. The first kappa shape index (κ1) is 11.4. The van der Waals surface area contributed by atoms with Gasteiger partial charge in [-0.25, -0.2) is 0 Å². The number of carboxylic acid groups (broad SMARTS) is 1. The number of methoxy groups -OCH3 is 1. The molecule has 1 heterocycles. The number of carboxylic acids is 1. The average molecular weight is 234 g/mol. The number of ether oxygens (including phenoxy) is 1. The predicted octanol–water partition coefficient (Wildman–Crippen LogP) is 1.52. The van der Waals surface area contributed by atoms with E-state index in [0.717, 1.165) is 16.6 Å². The van der Waals surface area contributed by atoms with Crippen molar-refractivity contribution in [2.75, 3.05) is 7.11 Å². The number of hydrogen-bond donors (Lipinski definition) is 1. The van der Waals surface area contributed by atoms with Gasteiger partial charge in [-0.2, -0.15) is 5.10 Å². The first-order chi connectivity index (χ1) is 8.02. The predicted molar refractivity (Wildman–Crippen MR) is 63.3 cm³/mol. The fourth-order valence-electron chi connectivity index (χ4n) is 2.04. The molecule has 0 aliphatic carbocycles. The highest BCUT2D eigenvalue weighted by molar-refractivity contribution is 5.89. The van der Waals surface area contributed by atoms with Crippen LogP contribution in [0.2, 0.25) is 0 Å². The molecule has 2 aromatic rings. The highest BCUT2D eigenvalue weighted by atomic mass is 16.5. The Hall–Kier alpha value is -2.04. The zero-order valence-corrected chi connectivity index (χ0v) is 10.0. The van der Waals surface area contributed by atoms with E-state index >= 15 is 0 Å². The van der Waals surface area contributed by atoms with Crippen LogP contribution in [0.1, 0.15) is 11.3 Å². The summed E-state index contributed by atoms with van der Waals surface area (Å²) in [5, 5.41) is 14.1. The molecule has 1 N–H and O–H groups in total. The summed E-state index contributed by atoms with van der Waals surface area (Å²) in [5.74, 6) is -0.186. The number of hydrogen-bond acceptors (Lipinski definition) is 3. The van der Waals surface area contributed by atoms with Gasteiger partial charge in [0.05, 0.1) is 30.1 Å². The molecular weight excluding hydrogens is 220 g/mol. The number of aromatic nitrogens is 2. The maximum Gasteiger partial charge on any atom is 0.307 e. The number of fused-ring (bicyclic) bond motifs is 1. The van der Waals surface area contributed by atoms with Crippen LogP contribution in [-0.2, 0) is 18.3 Å². The summed E-state index contributed by atoms with van der Waals surface area (Å²) < 4.78 is 7.03. The Morgan fingerprint density at radius 2 is 2.24 bits per heavy atom. The Morgan fingerprint density at radius 1 is 1.53 bits per heavy atom. The van der Waals surface area contributed by atoms with Crippen LogP contribution in [-0.4, -0.2) is 28.0 Å². The molecule has 5 heteroatoms. The summed E-state index contributed by atoms with van der Waals surface area (Å²) in [5.41, 5.74) is 2.48. The maximum absolute atomic E-state index is 10.7. The maximum atomic E-state index is 10.7. The normalized spacial score (nSPS) is 10.8. The van der Waals surface area contributed by atoms with E-state index in [0.29, 0.717) is 11.3 Å². The largest absolute Gasteiger partial charge is 0.496 e. The molecule has 0 spiro atoms. The first-order valence-corrected chi connectivity index (χ1v) is 5.25. The minimum absolute atomic E-state index is 0.0173. The van der Waals surface area contributed by atoms with Gasteiger partial charge in [-0.15, -0.1) is 0 Å². The van der Waals surface area contributed by atoms with E-state index in [2.05, 4.69) is 5.10 Å². The SMILES string of the molecule is COc1cc(CC(=O)O)cc2c1c(C)nn2C. The molecule has 0 atom stereocenters. The third-order valence-electron chi connectivity index (χ3n) is 2.73. The summed E-state index contributed by atoms with van der Waals surface area (Å²) in [6.07, 6.45) is -0.0173. The van der Waals surface area contributed by atoms with Crippen molar-refractivity contribution in [3.63, 3.8) is 0 Å². The lowest BCUT2D eigenvalue weighted by Gasteiger charge is -2.06. The Morgan fingerprint density at radius 3 is 2.82 bits per heavy atom. The van der Waals surface area contributed by atoms with E-state index in [1.54, 1.807) is 17.9 Å². The smallest absolute Gasteiger partial charge is 0.307 e. The molecule has 0 unspecified atom stereocenters. The van der Waals surface area contributed by atoms with Crippen LogP contribution in [0.15, 0.2) is 12.1 Å². The molecule has 1 aromatic carbocycles. The summed E-state index contributed by atoms with van der Waals surface area (Å²) in [7, 11) is 3.41. The molecule has 0 bridgehead atoms. The van der Waals surface area contributed by atoms with E-state index in [1.807, 2.05) is 20.0 Å². The molecule has 17 heavy (non-hydrogen) atoms. The minimum atomic E-state index is -0.856. The Labute approximate surface area is 98.6 Å². The van der Waals surface area contributed by atoms with Crippen molar-refractivity contribution in [1.29, 1.82) is 0 Å². The third-order valence-corrected chi connectivity index (χ3v) is 2.73. The topological polar surface area (TPSA) is 64.3 Å². The van der Waals surface area contributed by atoms with Crippen molar-refractivity contribution in [3.8, 4) is 5.75 Å². The number of aliphatic carboxylic acids is 1. The van der Waals surface area contributed by atoms with Gasteiger partial charge in [0.1, 0.15) is 5.75 Å².